The zero-order valence-electron chi connectivity index (χ0n) is 13.1. The van der Waals surface area contributed by atoms with Crippen LogP contribution < -0.4 is 5.32 Å². The molecule has 0 aliphatic heterocycles. The quantitative estimate of drug-likeness (QED) is 0.917. The van der Waals surface area contributed by atoms with Crippen LogP contribution in [-0.4, -0.2) is 17.1 Å². The highest BCUT2D eigenvalue weighted by Crippen LogP contribution is 2.25. The number of hydrogen-bond donors (Lipinski definition) is 1. The number of aromatic nitrogens is 1. The van der Waals surface area contributed by atoms with Crippen LogP contribution in [0.3, 0.4) is 0 Å². The molecule has 2 atom stereocenters. The van der Waals surface area contributed by atoms with Crippen LogP contribution in [0.1, 0.15) is 37.9 Å². The number of pyridine rings is 1. The maximum atomic E-state index is 14.0. The number of nitrogens with zero attached hydrogens (tertiary/aromatic N) is 1. The topological polar surface area (TPSA) is 42.0 Å². The first kappa shape index (κ1) is 16.1. The first-order valence-corrected chi connectivity index (χ1v) is 7.34. The van der Waals surface area contributed by atoms with Crippen LogP contribution in [0.15, 0.2) is 54.7 Å². The van der Waals surface area contributed by atoms with E-state index in [1.165, 1.54) is 6.92 Å². The van der Waals surface area contributed by atoms with Crippen molar-refractivity contribution in [1.29, 1.82) is 0 Å². The minimum Gasteiger partial charge on any atom is -0.345 e. The van der Waals surface area contributed by atoms with E-state index in [1.807, 2.05) is 50.2 Å². The molecule has 1 amide bonds. The van der Waals surface area contributed by atoms with Gasteiger partial charge in [-0.05, 0) is 38.5 Å². The third-order valence-electron chi connectivity index (χ3n) is 3.64. The molecular weight excluding hydrogens is 279 g/mol. The van der Waals surface area contributed by atoms with E-state index in [0.29, 0.717) is 5.56 Å². The maximum absolute atomic E-state index is 14.0. The fourth-order valence-corrected chi connectivity index (χ4v) is 2.47. The average Bonchev–Trinajstić information content (AvgIpc) is 2.48. The molecule has 22 heavy (non-hydrogen) atoms. The smallest absolute Gasteiger partial charge is 0.231 e. The molecule has 1 aromatic heterocycles. The predicted octanol–water partition coefficient (Wildman–Crippen LogP) is 3.57. The van der Waals surface area contributed by atoms with Crippen LogP contribution in [0.4, 0.5) is 4.39 Å². The van der Waals surface area contributed by atoms with Crippen LogP contribution in [0.5, 0.6) is 0 Å². The number of halogens is 1. The molecule has 4 heteroatoms. The minimum absolute atomic E-state index is 0.336. The Morgan fingerprint density at radius 2 is 1.77 bits per heavy atom. The van der Waals surface area contributed by atoms with Gasteiger partial charge in [0, 0.05) is 6.20 Å². The zero-order chi connectivity index (χ0) is 16.2. The number of nitrogens with one attached hydrogen (secondary N) is 1. The van der Waals surface area contributed by atoms with Gasteiger partial charge in [-0.2, -0.15) is 0 Å². The molecule has 2 rings (SSSR count). The molecule has 0 unspecified atom stereocenters. The normalized spacial score (nSPS) is 14.2. The van der Waals surface area contributed by atoms with Gasteiger partial charge in [0.25, 0.3) is 0 Å². The summed E-state index contributed by atoms with van der Waals surface area (Å²) in [5.41, 5.74) is 0.744. The van der Waals surface area contributed by atoms with E-state index in [-0.39, 0.29) is 5.91 Å². The van der Waals surface area contributed by atoms with E-state index in [4.69, 9.17) is 0 Å². The van der Waals surface area contributed by atoms with Crippen molar-refractivity contribution in [3.05, 3.63) is 66.0 Å². The molecule has 3 nitrogen and oxygen atoms in total. The molecule has 0 aliphatic rings. The Kier molecular flexibility index (Phi) is 4.91. The van der Waals surface area contributed by atoms with Gasteiger partial charge in [0.2, 0.25) is 5.91 Å². The van der Waals surface area contributed by atoms with Gasteiger partial charge in [-0.15, -0.1) is 0 Å². The van der Waals surface area contributed by atoms with Gasteiger partial charge < -0.3 is 5.32 Å². The average molecular weight is 300 g/mol. The lowest BCUT2D eigenvalue weighted by molar-refractivity contribution is -0.125. The molecule has 1 heterocycles. The standard InChI is InChI=1S/C18H21FN2O/c1-13(19)16(14-9-5-4-6-10-14)17(22)21-18(2,3)15-11-7-8-12-20-15/h4-13,16H,1-3H3,(H,21,22)/t13-,16+/m0/s1. The summed E-state index contributed by atoms with van der Waals surface area (Å²) in [6, 6.07) is 14.5. The highest BCUT2D eigenvalue weighted by atomic mass is 19.1. The van der Waals surface area contributed by atoms with Gasteiger partial charge in [0.05, 0.1) is 17.2 Å². The van der Waals surface area contributed by atoms with Crippen molar-refractivity contribution in [1.82, 2.24) is 10.3 Å². The number of amides is 1. The summed E-state index contributed by atoms with van der Waals surface area (Å²) >= 11 is 0. The van der Waals surface area contributed by atoms with Gasteiger partial charge in [-0.25, -0.2) is 4.39 Å². The Balaban J connectivity index is 2.22. The second-order valence-electron chi connectivity index (χ2n) is 5.90. The summed E-state index contributed by atoms with van der Waals surface area (Å²) in [6.07, 6.45) is 0.400. The monoisotopic (exact) mass is 300 g/mol. The van der Waals surface area contributed by atoms with Crippen LogP contribution in [-0.2, 0) is 10.3 Å². The molecule has 2 aromatic rings. The van der Waals surface area contributed by atoms with E-state index in [2.05, 4.69) is 10.3 Å². The number of hydrogen-bond acceptors (Lipinski definition) is 2. The third-order valence-corrected chi connectivity index (χ3v) is 3.64. The van der Waals surface area contributed by atoms with Crippen molar-refractivity contribution in [2.75, 3.05) is 0 Å². The molecule has 116 valence electrons. The Hall–Kier alpha value is -2.23. The fraction of sp³-hybridized carbons (Fsp3) is 0.333. The van der Waals surface area contributed by atoms with Crippen LogP contribution in [0.25, 0.3) is 0 Å². The highest BCUT2D eigenvalue weighted by Gasteiger charge is 2.32. The van der Waals surface area contributed by atoms with E-state index in [9.17, 15) is 9.18 Å². The molecule has 0 aliphatic carbocycles. The predicted molar refractivity (Wildman–Crippen MR) is 85.2 cm³/mol. The second kappa shape index (κ2) is 6.69. The summed E-state index contributed by atoms with van der Waals surface area (Å²) in [5.74, 6) is -1.17. The van der Waals surface area contributed by atoms with Crippen LogP contribution in [0, 0.1) is 0 Å². The molecule has 1 N–H and O–H groups in total. The number of rotatable bonds is 5. The summed E-state index contributed by atoms with van der Waals surface area (Å²) in [4.78, 5) is 16.9. The molecule has 0 fully saturated rings. The SMILES string of the molecule is C[C@H](F)[C@@H](C(=O)NC(C)(C)c1ccccn1)c1ccccc1. The van der Waals surface area contributed by atoms with Crippen molar-refractivity contribution >= 4 is 5.91 Å². The molecule has 0 saturated carbocycles. The summed E-state index contributed by atoms with van der Waals surface area (Å²) in [5, 5.41) is 2.91. The molecule has 0 spiro atoms. The molecule has 0 saturated heterocycles. The highest BCUT2D eigenvalue weighted by molar-refractivity contribution is 5.85. The lowest BCUT2D eigenvalue weighted by Gasteiger charge is -2.29. The first-order chi connectivity index (χ1) is 10.4. The van der Waals surface area contributed by atoms with Gasteiger partial charge in [-0.1, -0.05) is 36.4 Å². The fourth-order valence-electron chi connectivity index (χ4n) is 2.47. The number of carbonyl (C=O) groups is 1. The van der Waals surface area contributed by atoms with Crippen molar-refractivity contribution in [2.45, 2.75) is 38.4 Å². The summed E-state index contributed by atoms with van der Waals surface area (Å²) in [7, 11) is 0. The van der Waals surface area contributed by atoms with E-state index in [0.717, 1.165) is 5.69 Å². The van der Waals surface area contributed by atoms with E-state index >= 15 is 0 Å². The summed E-state index contributed by atoms with van der Waals surface area (Å²) < 4.78 is 14.0. The van der Waals surface area contributed by atoms with Crippen LogP contribution >= 0.6 is 0 Å². The zero-order valence-corrected chi connectivity index (χ0v) is 13.1. The molecular formula is C18H21FN2O. The Morgan fingerprint density at radius 1 is 1.14 bits per heavy atom. The third kappa shape index (κ3) is 3.70. The summed E-state index contributed by atoms with van der Waals surface area (Å²) in [6.45, 7) is 5.13. The van der Waals surface area contributed by atoms with Crippen molar-refractivity contribution in [3.63, 3.8) is 0 Å². The Morgan fingerprint density at radius 3 is 2.32 bits per heavy atom. The Bertz CT molecular complexity index is 611. The molecule has 0 bridgehead atoms. The van der Waals surface area contributed by atoms with Gasteiger partial charge in [0.1, 0.15) is 6.17 Å². The first-order valence-electron chi connectivity index (χ1n) is 7.34. The van der Waals surface area contributed by atoms with E-state index < -0.39 is 17.6 Å². The minimum atomic E-state index is -1.28. The van der Waals surface area contributed by atoms with Gasteiger partial charge in [0.15, 0.2) is 0 Å². The van der Waals surface area contributed by atoms with Crippen molar-refractivity contribution in [3.8, 4) is 0 Å². The number of carbonyl (C=O) groups excluding carboxylic acids is 1. The lowest BCUT2D eigenvalue weighted by atomic mass is 9.91. The largest absolute Gasteiger partial charge is 0.345 e. The molecule has 0 radical (unpaired) electrons. The van der Waals surface area contributed by atoms with E-state index in [1.54, 1.807) is 18.3 Å². The van der Waals surface area contributed by atoms with Crippen molar-refractivity contribution < 1.29 is 9.18 Å². The van der Waals surface area contributed by atoms with Gasteiger partial charge >= 0.3 is 0 Å². The lowest BCUT2D eigenvalue weighted by Crippen LogP contribution is -2.45. The second-order valence-corrected chi connectivity index (χ2v) is 5.90. The maximum Gasteiger partial charge on any atom is 0.231 e. The molecule has 1 aromatic carbocycles. The van der Waals surface area contributed by atoms with Crippen LogP contribution in [0.2, 0.25) is 0 Å². The number of alkyl halides is 1. The number of benzene rings is 1. The van der Waals surface area contributed by atoms with Gasteiger partial charge in [-0.3, -0.25) is 9.78 Å². The Labute approximate surface area is 130 Å². The van der Waals surface area contributed by atoms with Crippen molar-refractivity contribution in [2.24, 2.45) is 0 Å².